The molecule has 0 spiro atoms. The van der Waals surface area contributed by atoms with Gasteiger partial charge >= 0.3 is 6.18 Å². The fourth-order valence-electron chi connectivity index (χ4n) is 1.26. The number of aldehydes is 1. The van der Waals surface area contributed by atoms with Crippen molar-refractivity contribution in [2.45, 2.75) is 13.1 Å². The van der Waals surface area contributed by atoms with Crippen molar-refractivity contribution in [3.63, 3.8) is 0 Å². The zero-order valence-electron chi connectivity index (χ0n) is 8.01. The normalized spacial score (nSPS) is 12.0. The first-order chi connectivity index (χ1) is 6.95. The molecule has 0 amide bonds. The van der Waals surface area contributed by atoms with Crippen LogP contribution in [0.3, 0.4) is 0 Å². The Labute approximate surface area is 85.2 Å². The molecule has 80 valence electrons. The molecule has 0 heterocycles. The van der Waals surface area contributed by atoms with Crippen molar-refractivity contribution >= 4 is 12.4 Å². The topological polar surface area (TPSA) is 17.1 Å². The van der Waals surface area contributed by atoms with Crippen molar-refractivity contribution in [2.75, 3.05) is 0 Å². The molecule has 1 rings (SSSR count). The van der Waals surface area contributed by atoms with Gasteiger partial charge in [0.15, 0.2) is 0 Å². The SMILES string of the molecule is Cc1cc(C=CC=O)ccc1C(F)(F)F. The Morgan fingerprint density at radius 1 is 1.27 bits per heavy atom. The van der Waals surface area contributed by atoms with Crippen molar-refractivity contribution in [2.24, 2.45) is 0 Å². The van der Waals surface area contributed by atoms with Gasteiger partial charge in [-0.25, -0.2) is 0 Å². The average molecular weight is 214 g/mol. The Kier molecular flexibility index (Phi) is 3.29. The van der Waals surface area contributed by atoms with E-state index in [1.807, 2.05) is 0 Å². The summed E-state index contributed by atoms with van der Waals surface area (Å²) in [4.78, 5) is 10.0. The highest BCUT2D eigenvalue weighted by Gasteiger charge is 2.31. The van der Waals surface area contributed by atoms with E-state index in [9.17, 15) is 18.0 Å². The number of rotatable bonds is 2. The lowest BCUT2D eigenvalue weighted by molar-refractivity contribution is -0.138. The van der Waals surface area contributed by atoms with Gasteiger partial charge in [0, 0.05) is 0 Å². The van der Waals surface area contributed by atoms with Crippen LogP contribution in [0.1, 0.15) is 16.7 Å². The first kappa shape index (κ1) is 11.5. The molecule has 0 radical (unpaired) electrons. The number of carbonyl (C=O) groups excluding carboxylic acids is 1. The second-order valence-electron chi connectivity index (χ2n) is 3.07. The Balaban J connectivity index is 3.09. The summed E-state index contributed by atoms with van der Waals surface area (Å²) in [5.41, 5.74) is 0.0777. The number of allylic oxidation sites excluding steroid dienone is 1. The van der Waals surface area contributed by atoms with E-state index < -0.39 is 11.7 Å². The van der Waals surface area contributed by atoms with E-state index in [4.69, 9.17) is 0 Å². The molecule has 0 aromatic heterocycles. The predicted molar refractivity (Wildman–Crippen MR) is 51.3 cm³/mol. The molecule has 0 aliphatic rings. The molecule has 0 unspecified atom stereocenters. The number of halogens is 3. The fraction of sp³-hybridized carbons (Fsp3) is 0.182. The minimum Gasteiger partial charge on any atom is -0.299 e. The highest BCUT2D eigenvalue weighted by atomic mass is 19.4. The quantitative estimate of drug-likeness (QED) is 0.545. The summed E-state index contributed by atoms with van der Waals surface area (Å²) < 4.78 is 37.1. The highest BCUT2D eigenvalue weighted by Crippen LogP contribution is 2.32. The average Bonchev–Trinajstić information content (AvgIpc) is 2.12. The maximum absolute atomic E-state index is 12.4. The molecule has 1 aromatic carbocycles. The van der Waals surface area contributed by atoms with Crippen LogP contribution >= 0.6 is 0 Å². The first-order valence-electron chi connectivity index (χ1n) is 4.25. The summed E-state index contributed by atoms with van der Waals surface area (Å²) in [6.45, 7) is 1.39. The smallest absolute Gasteiger partial charge is 0.299 e. The number of benzene rings is 1. The fourth-order valence-corrected chi connectivity index (χ4v) is 1.26. The molecule has 0 fully saturated rings. The monoisotopic (exact) mass is 214 g/mol. The van der Waals surface area contributed by atoms with E-state index in [0.29, 0.717) is 11.8 Å². The molecule has 15 heavy (non-hydrogen) atoms. The molecule has 0 aliphatic carbocycles. The van der Waals surface area contributed by atoms with Gasteiger partial charge in [0.2, 0.25) is 0 Å². The molecule has 0 aliphatic heterocycles. The third-order valence-corrected chi connectivity index (χ3v) is 1.92. The molecule has 0 saturated heterocycles. The van der Waals surface area contributed by atoms with Crippen molar-refractivity contribution < 1.29 is 18.0 Å². The lowest BCUT2D eigenvalue weighted by atomic mass is 10.0. The van der Waals surface area contributed by atoms with Crippen molar-refractivity contribution in [3.05, 3.63) is 41.0 Å². The van der Waals surface area contributed by atoms with Crippen LogP contribution in [0.4, 0.5) is 13.2 Å². The lowest BCUT2D eigenvalue weighted by Crippen LogP contribution is -2.07. The Morgan fingerprint density at radius 3 is 2.40 bits per heavy atom. The Bertz CT molecular complexity index is 391. The zero-order chi connectivity index (χ0) is 11.5. The van der Waals surface area contributed by atoms with Gasteiger partial charge in [0.25, 0.3) is 0 Å². The number of hydrogen-bond acceptors (Lipinski definition) is 1. The van der Waals surface area contributed by atoms with Crippen LogP contribution in [-0.4, -0.2) is 6.29 Å². The van der Waals surface area contributed by atoms with Gasteiger partial charge in [-0.05, 0) is 30.2 Å². The van der Waals surface area contributed by atoms with Crippen LogP contribution < -0.4 is 0 Å². The van der Waals surface area contributed by atoms with Gasteiger partial charge in [0.05, 0.1) is 5.56 Å². The maximum atomic E-state index is 12.4. The molecule has 0 atom stereocenters. The number of carbonyl (C=O) groups is 1. The highest BCUT2D eigenvalue weighted by molar-refractivity contribution is 5.74. The number of aryl methyl sites for hydroxylation is 1. The summed E-state index contributed by atoms with van der Waals surface area (Å²) in [6.07, 6.45) is -1.05. The van der Waals surface area contributed by atoms with Crippen LogP contribution in [0, 0.1) is 6.92 Å². The maximum Gasteiger partial charge on any atom is 0.416 e. The molecule has 0 N–H and O–H groups in total. The minimum atomic E-state index is -4.32. The van der Waals surface area contributed by atoms with Gasteiger partial charge in [-0.3, -0.25) is 4.79 Å². The standard InChI is InChI=1S/C11H9F3O/c1-8-7-9(3-2-6-15)4-5-10(8)11(12,13)14/h2-7H,1H3. The van der Waals surface area contributed by atoms with Crippen LogP contribution in [0.2, 0.25) is 0 Å². The van der Waals surface area contributed by atoms with Gasteiger partial charge < -0.3 is 0 Å². The molecular formula is C11H9F3O. The van der Waals surface area contributed by atoms with E-state index >= 15 is 0 Å². The molecule has 0 bridgehead atoms. The molecule has 4 heteroatoms. The largest absolute Gasteiger partial charge is 0.416 e. The molecule has 1 aromatic rings. The van der Waals surface area contributed by atoms with Gasteiger partial charge in [-0.2, -0.15) is 13.2 Å². The van der Waals surface area contributed by atoms with Crippen molar-refractivity contribution in [1.29, 1.82) is 0 Å². The first-order valence-corrected chi connectivity index (χ1v) is 4.25. The Hall–Kier alpha value is -1.58. The second-order valence-corrected chi connectivity index (χ2v) is 3.07. The summed E-state index contributed by atoms with van der Waals surface area (Å²) in [7, 11) is 0. The summed E-state index contributed by atoms with van der Waals surface area (Å²) >= 11 is 0. The summed E-state index contributed by atoms with van der Waals surface area (Å²) in [6, 6.07) is 3.73. The molecule has 1 nitrogen and oxygen atoms in total. The van der Waals surface area contributed by atoms with Gasteiger partial charge in [0.1, 0.15) is 6.29 Å². The minimum absolute atomic E-state index is 0.149. The van der Waals surface area contributed by atoms with Crippen molar-refractivity contribution in [1.82, 2.24) is 0 Å². The van der Waals surface area contributed by atoms with E-state index in [1.54, 1.807) is 0 Å². The van der Waals surface area contributed by atoms with Crippen LogP contribution in [0.5, 0.6) is 0 Å². The van der Waals surface area contributed by atoms with Crippen LogP contribution in [0.25, 0.3) is 6.08 Å². The number of hydrogen-bond donors (Lipinski definition) is 0. The predicted octanol–water partition coefficient (Wildman–Crippen LogP) is 3.23. The van der Waals surface area contributed by atoms with Gasteiger partial charge in [-0.15, -0.1) is 0 Å². The molecular weight excluding hydrogens is 205 g/mol. The Morgan fingerprint density at radius 2 is 1.93 bits per heavy atom. The second kappa shape index (κ2) is 4.29. The van der Waals surface area contributed by atoms with E-state index in [0.717, 1.165) is 6.07 Å². The lowest BCUT2D eigenvalue weighted by Gasteiger charge is -2.10. The molecule has 0 saturated carbocycles. The van der Waals surface area contributed by atoms with Crippen molar-refractivity contribution in [3.8, 4) is 0 Å². The third kappa shape index (κ3) is 2.94. The summed E-state index contributed by atoms with van der Waals surface area (Å²) in [5.74, 6) is 0. The van der Waals surface area contributed by atoms with E-state index in [-0.39, 0.29) is 5.56 Å². The van der Waals surface area contributed by atoms with Crippen LogP contribution in [0.15, 0.2) is 24.3 Å². The third-order valence-electron chi connectivity index (χ3n) is 1.92. The van der Waals surface area contributed by atoms with E-state index in [2.05, 4.69) is 0 Å². The van der Waals surface area contributed by atoms with Crippen LogP contribution in [-0.2, 0) is 11.0 Å². The number of alkyl halides is 3. The van der Waals surface area contributed by atoms with Gasteiger partial charge in [-0.1, -0.05) is 18.2 Å². The zero-order valence-corrected chi connectivity index (χ0v) is 8.01. The summed E-state index contributed by atoms with van der Waals surface area (Å²) in [5, 5.41) is 0. The van der Waals surface area contributed by atoms with E-state index in [1.165, 1.54) is 31.2 Å².